The van der Waals surface area contributed by atoms with Crippen LogP contribution in [0, 0.1) is 0 Å². The maximum Gasteiger partial charge on any atom is 0.326 e. The number of hydrogen-bond donors (Lipinski definition) is 5. The molecular formula is C17H19N7O4. The average Bonchev–Trinajstić information content (AvgIpc) is 2.71. The SMILES string of the molecule is NNC=Nc1cccc(C(=O)NCC(=O)NC(Cc2cncnc2)C(=O)O)c1. The smallest absolute Gasteiger partial charge is 0.326 e. The summed E-state index contributed by atoms with van der Waals surface area (Å²) in [6.07, 6.45) is 5.53. The van der Waals surface area contributed by atoms with E-state index in [2.05, 4.69) is 31.0 Å². The van der Waals surface area contributed by atoms with Gasteiger partial charge in [0.2, 0.25) is 5.91 Å². The molecule has 1 aromatic carbocycles. The minimum absolute atomic E-state index is 0.0189. The number of amides is 2. The molecule has 2 aromatic rings. The number of hydrogen-bond acceptors (Lipinski definition) is 7. The monoisotopic (exact) mass is 385 g/mol. The van der Waals surface area contributed by atoms with E-state index in [1.54, 1.807) is 18.2 Å². The molecule has 1 atom stereocenters. The molecule has 0 aliphatic heterocycles. The molecule has 0 spiro atoms. The Kier molecular flexibility index (Phi) is 7.54. The number of aliphatic imine (C=N–C) groups is 1. The number of hydrazine groups is 1. The summed E-state index contributed by atoms with van der Waals surface area (Å²) in [5.41, 5.74) is 3.59. The predicted octanol–water partition coefficient (Wildman–Crippen LogP) is -0.858. The fraction of sp³-hybridized carbons (Fsp3) is 0.176. The number of benzene rings is 1. The van der Waals surface area contributed by atoms with E-state index in [9.17, 15) is 19.5 Å². The molecular weight excluding hydrogens is 366 g/mol. The van der Waals surface area contributed by atoms with Crippen molar-refractivity contribution in [2.45, 2.75) is 12.5 Å². The van der Waals surface area contributed by atoms with Crippen LogP contribution in [0.3, 0.4) is 0 Å². The van der Waals surface area contributed by atoms with Gasteiger partial charge < -0.3 is 21.2 Å². The van der Waals surface area contributed by atoms with Crippen molar-refractivity contribution in [3.8, 4) is 0 Å². The van der Waals surface area contributed by atoms with E-state index in [1.807, 2.05) is 0 Å². The van der Waals surface area contributed by atoms with Crippen LogP contribution in [0.15, 0.2) is 48.0 Å². The Morgan fingerprint density at radius 3 is 2.68 bits per heavy atom. The number of carbonyl (C=O) groups excluding carboxylic acids is 2. The molecule has 28 heavy (non-hydrogen) atoms. The van der Waals surface area contributed by atoms with Gasteiger partial charge in [0.15, 0.2) is 0 Å². The molecule has 6 N–H and O–H groups in total. The molecule has 11 nitrogen and oxygen atoms in total. The molecule has 1 aromatic heterocycles. The Hall–Kier alpha value is -3.86. The number of nitrogens with one attached hydrogen (secondary N) is 3. The number of carbonyl (C=O) groups is 3. The quantitative estimate of drug-likeness (QED) is 0.161. The minimum Gasteiger partial charge on any atom is -0.480 e. The summed E-state index contributed by atoms with van der Waals surface area (Å²) >= 11 is 0. The molecule has 1 unspecified atom stereocenters. The maximum absolute atomic E-state index is 12.2. The van der Waals surface area contributed by atoms with E-state index in [0.717, 1.165) is 0 Å². The van der Waals surface area contributed by atoms with Crippen molar-refractivity contribution in [3.05, 3.63) is 54.1 Å². The van der Waals surface area contributed by atoms with Crippen LogP contribution in [0.2, 0.25) is 0 Å². The number of nitrogens with two attached hydrogens (primary N) is 1. The lowest BCUT2D eigenvalue weighted by Crippen LogP contribution is -2.46. The largest absolute Gasteiger partial charge is 0.480 e. The van der Waals surface area contributed by atoms with Gasteiger partial charge in [-0.3, -0.25) is 9.59 Å². The van der Waals surface area contributed by atoms with Crippen molar-refractivity contribution in [3.63, 3.8) is 0 Å². The molecule has 0 bridgehead atoms. The number of aliphatic carboxylic acids is 1. The lowest BCUT2D eigenvalue weighted by Gasteiger charge is -2.14. The highest BCUT2D eigenvalue weighted by Crippen LogP contribution is 2.13. The topological polar surface area (TPSA) is 172 Å². The van der Waals surface area contributed by atoms with Crippen LogP contribution in [0.25, 0.3) is 0 Å². The van der Waals surface area contributed by atoms with Crippen LogP contribution in [-0.4, -0.2) is 51.8 Å². The van der Waals surface area contributed by atoms with Gasteiger partial charge in [-0.25, -0.2) is 25.6 Å². The first-order valence-corrected chi connectivity index (χ1v) is 8.12. The van der Waals surface area contributed by atoms with E-state index in [1.165, 1.54) is 31.1 Å². The second kappa shape index (κ2) is 10.3. The summed E-state index contributed by atoms with van der Waals surface area (Å²) in [5.74, 6) is 2.74. The standard InChI is InChI=1S/C17H19N7O4/c18-23-10-22-13-3-1-2-12(5-13)16(26)21-8-15(25)24-14(17(27)28)4-11-6-19-9-20-7-11/h1-3,5-7,9-10,14H,4,8,18H2,(H,21,26)(H,22,23)(H,24,25)(H,27,28). The lowest BCUT2D eigenvalue weighted by molar-refractivity contribution is -0.141. The first-order chi connectivity index (χ1) is 13.5. The van der Waals surface area contributed by atoms with Gasteiger partial charge >= 0.3 is 5.97 Å². The summed E-state index contributed by atoms with van der Waals surface area (Å²) in [4.78, 5) is 47.1. The molecule has 11 heteroatoms. The summed E-state index contributed by atoms with van der Waals surface area (Å²) < 4.78 is 0. The Balaban J connectivity index is 1.90. The van der Waals surface area contributed by atoms with Gasteiger partial charge in [0.25, 0.3) is 5.91 Å². The molecule has 1 heterocycles. The summed E-state index contributed by atoms with van der Waals surface area (Å²) in [7, 11) is 0. The van der Waals surface area contributed by atoms with Crippen molar-refractivity contribution in [1.82, 2.24) is 26.0 Å². The second-order valence-corrected chi connectivity index (χ2v) is 5.57. The fourth-order valence-corrected chi connectivity index (χ4v) is 2.22. The van der Waals surface area contributed by atoms with E-state index >= 15 is 0 Å². The highest BCUT2D eigenvalue weighted by Gasteiger charge is 2.21. The number of rotatable bonds is 9. The Bertz CT molecular complexity index is 858. The third kappa shape index (κ3) is 6.46. The summed E-state index contributed by atoms with van der Waals surface area (Å²) in [5, 5.41) is 14.1. The third-order valence-electron chi connectivity index (χ3n) is 3.49. The molecule has 2 amide bonds. The van der Waals surface area contributed by atoms with E-state index in [4.69, 9.17) is 5.84 Å². The molecule has 0 aliphatic rings. The van der Waals surface area contributed by atoms with Crippen molar-refractivity contribution < 1.29 is 19.5 Å². The van der Waals surface area contributed by atoms with Crippen LogP contribution < -0.4 is 21.9 Å². The molecule has 0 radical (unpaired) electrons. The number of nitrogens with zero attached hydrogens (tertiary/aromatic N) is 3. The zero-order valence-corrected chi connectivity index (χ0v) is 14.7. The average molecular weight is 385 g/mol. The molecule has 0 fully saturated rings. The van der Waals surface area contributed by atoms with Crippen LogP contribution in [-0.2, 0) is 16.0 Å². The third-order valence-corrected chi connectivity index (χ3v) is 3.49. The Labute approximate surface area is 160 Å². The minimum atomic E-state index is -1.21. The maximum atomic E-state index is 12.2. The predicted molar refractivity (Wildman–Crippen MR) is 99.6 cm³/mol. The summed E-state index contributed by atoms with van der Waals surface area (Å²) in [6.45, 7) is -0.383. The van der Waals surface area contributed by atoms with Crippen LogP contribution in [0.5, 0.6) is 0 Å². The van der Waals surface area contributed by atoms with E-state index in [-0.39, 0.29) is 18.5 Å². The molecule has 0 saturated heterocycles. The fourth-order valence-electron chi connectivity index (χ4n) is 2.22. The highest BCUT2D eigenvalue weighted by molar-refractivity contribution is 5.97. The Morgan fingerprint density at radius 2 is 2.00 bits per heavy atom. The lowest BCUT2D eigenvalue weighted by atomic mass is 10.1. The van der Waals surface area contributed by atoms with Crippen LogP contribution >= 0.6 is 0 Å². The van der Waals surface area contributed by atoms with Crippen molar-refractivity contribution in [2.75, 3.05) is 6.54 Å². The molecule has 146 valence electrons. The number of aromatic nitrogens is 2. The molecule has 0 saturated carbocycles. The number of carboxylic acids is 1. The zero-order valence-electron chi connectivity index (χ0n) is 14.7. The summed E-state index contributed by atoms with van der Waals surface area (Å²) in [6, 6.07) is 5.19. The van der Waals surface area contributed by atoms with Crippen molar-refractivity contribution in [1.29, 1.82) is 0 Å². The highest BCUT2D eigenvalue weighted by atomic mass is 16.4. The Morgan fingerprint density at radius 1 is 1.25 bits per heavy atom. The van der Waals surface area contributed by atoms with Crippen LogP contribution in [0.4, 0.5) is 5.69 Å². The van der Waals surface area contributed by atoms with E-state index in [0.29, 0.717) is 11.3 Å². The first-order valence-electron chi connectivity index (χ1n) is 8.12. The van der Waals surface area contributed by atoms with Gasteiger partial charge in [0.1, 0.15) is 18.7 Å². The van der Waals surface area contributed by atoms with Crippen molar-refractivity contribution in [2.24, 2.45) is 10.8 Å². The van der Waals surface area contributed by atoms with Gasteiger partial charge in [-0.1, -0.05) is 6.07 Å². The normalized spacial score (nSPS) is 11.6. The first kappa shape index (κ1) is 20.5. The van der Waals surface area contributed by atoms with Gasteiger partial charge in [-0.2, -0.15) is 0 Å². The number of carboxylic acid groups (broad SMARTS) is 1. The molecule has 0 aliphatic carbocycles. The van der Waals surface area contributed by atoms with Gasteiger partial charge in [0.05, 0.1) is 12.2 Å². The van der Waals surface area contributed by atoms with Gasteiger partial charge in [-0.05, 0) is 23.8 Å². The van der Waals surface area contributed by atoms with Gasteiger partial charge in [0, 0.05) is 24.4 Å². The zero-order chi connectivity index (χ0) is 20.4. The van der Waals surface area contributed by atoms with Crippen LogP contribution in [0.1, 0.15) is 15.9 Å². The van der Waals surface area contributed by atoms with Crippen molar-refractivity contribution >= 4 is 29.8 Å². The second-order valence-electron chi connectivity index (χ2n) is 5.57. The van der Waals surface area contributed by atoms with E-state index < -0.39 is 23.8 Å². The molecule has 2 rings (SSSR count). The van der Waals surface area contributed by atoms with Gasteiger partial charge in [-0.15, -0.1) is 0 Å².